The summed E-state index contributed by atoms with van der Waals surface area (Å²) in [7, 11) is -2.05. The molecule has 7 nitrogen and oxygen atoms in total. The monoisotopic (exact) mass is 413 g/mol. The predicted molar refractivity (Wildman–Crippen MR) is 90.5 cm³/mol. The zero-order valence-corrected chi connectivity index (χ0v) is 15.3. The highest BCUT2D eigenvalue weighted by Crippen LogP contribution is 2.27. The van der Waals surface area contributed by atoms with Crippen molar-refractivity contribution in [1.29, 1.82) is 0 Å². The van der Waals surface area contributed by atoms with E-state index in [0.29, 0.717) is 13.0 Å². The molecule has 0 spiro atoms. The van der Waals surface area contributed by atoms with Crippen LogP contribution in [0.3, 0.4) is 0 Å². The molecule has 3 rings (SSSR count). The summed E-state index contributed by atoms with van der Waals surface area (Å²) in [6, 6.07) is 6.58. The van der Waals surface area contributed by atoms with Crippen LogP contribution in [0.15, 0.2) is 46.0 Å². The van der Waals surface area contributed by atoms with E-state index in [-0.39, 0.29) is 29.3 Å². The molecule has 128 valence electrons. The third kappa shape index (κ3) is 3.52. The Kier molecular flexibility index (Phi) is 5.02. The first-order chi connectivity index (χ1) is 11.5. The fourth-order valence-corrected chi connectivity index (χ4v) is 4.21. The van der Waals surface area contributed by atoms with E-state index in [1.54, 1.807) is 24.3 Å². The summed E-state index contributed by atoms with van der Waals surface area (Å²) in [4.78, 5) is 8.37. The minimum atomic E-state index is -3.53. The number of sulfonamides is 1. The number of aromatic nitrogens is 2. The van der Waals surface area contributed by atoms with Gasteiger partial charge < -0.3 is 9.47 Å². The lowest BCUT2D eigenvalue weighted by molar-refractivity contribution is 0.194. The molecule has 24 heavy (non-hydrogen) atoms. The van der Waals surface area contributed by atoms with Crippen molar-refractivity contribution < 1.29 is 17.9 Å². The van der Waals surface area contributed by atoms with Gasteiger partial charge in [0.1, 0.15) is 6.10 Å². The molecule has 0 amide bonds. The Labute approximate surface area is 148 Å². The molecule has 9 heteroatoms. The Balaban J connectivity index is 1.72. The van der Waals surface area contributed by atoms with E-state index in [1.165, 1.54) is 23.8 Å². The Hall–Kier alpha value is -1.71. The van der Waals surface area contributed by atoms with E-state index >= 15 is 0 Å². The van der Waals surface area contributed by atoms with Crippen molar-refractivity contribution in [2.75, 3.05) is 20.2 Å². The molecule has 1 atom stereocenters. The predicted octanol–water partition coefficient (Wildman–Crippen LogP) is 2.09. The molecule has 1 aliphatic heterocycles. The van der Waals surface area contributed by atoms with E-state index < -0.39 is 10.0 Å². The van der Waals surface area contributed by atoms with Crippen LogP contribution in [-0.2, 0) is 10.0 Å². The largest absolute Gasteiger partial charge is 0.477 e. The van der Waals surface area contributed by atoms with Gasteiger partial charge in [-0.1, -0.05) is 15.9 Å². The van der Waals surface area contributed by atoms with Crippen molar-refractivity contribution in [3.05, 3.63) is 41.1 Å². The summed E-state index contributed by atoms with van der Waals surface area (Å²) in [5.41, 5.74) is 0. The second-order valence-corrected chi connectivity index (χ2v) is 8.07. The van der Waals surface area contributed by atoms with Crippen LogP contribution < -0.4 is 9.47 Å². The first-order valence-corrected chi connectivity index (χ1v) is 9.51. The number of hydrogen-bond donors (Lipinski definition) is 0. The molecule has 1 saturated heterocycles. The van der Waals surface area contributed by atoms with Gasteiger partial charge in [0.15, 0.2) is 0 Å². The topological polar surface area (TPSA) is 81.6 Å². The molecule has 0 saturated carbocycles. The van der Waals surface area contributed by atoms with Crippen molar-refractivity contribution in [3.8, 4) is 11.8 Å². The third-order valence-corrected chi connectivity index (χ3v) is 6.07. The van der Waals surface area contributed by atoms with Crippen molar-refractivity contribution in [1.82, 2.24) is 14.3 Å². The van der Waals surface area contributed by atoms with Crippen LogP contribution in [0.1, 0.15) is 6.42 Å². The highest BCUT2D eigenvalue weighted by atomic mass is 79.9. The summed E-state index contributed by atoms with van der Waals surface area (Å²) in [5, 5.41) is 0. The summed E-state index contributed by atoms with van der Waals surface area (Å²) < 4.78 is 38.5. The zero-order chi connectivity index (χ0) is 17.2. The second-order valence-electron chi connectivity index (χ2n) is 5.22. The van der Waals surface area contributed by atoms with Crippen LogP contribution in [0.5, 0.6) is 11.8 Å². The van der Waals surface area contributed by atoms with Gasteiger partial charge in [-0.3, -0.25) is 0 Å². The van der Waals surface area contributed by atoms with E-state index in [0.717, 1.165) is 4.47 Å². The third-order valence-electron chi connectivity index (χ3n) is 3.66. The molecule has 1 fully saturated rings. The summed E-state index contributed by atoms with van der Waals surface area (Å²) >= 11 is 3.30. The van der Waals surface area contributed by atoms with E-state index in [4.69, 9.17) is 9.47 Å². The maximum absolute atomic E-state index is 12.7. The van der Waals surface area contributed by atoms with E-state index in [1.807, 2.05) is 0 Å². The summed E-state index contributed by atoms with van der Waals surface area (Å²) in [6.07, 6.45) is 3.30. The van der Waals surface area contributed by atoms with Gasteiger partial charge in [-0.2, -0.15) is 4.31 Å². The van der Waals surface area contributed by atoms with Crippen LogP contribution in [0.2, 0.25) is 0 Å². The van der Waals surface area contributed by atoms with Crippen molar-refractivity contribution in [3.63, 3.8) is 0 Å². The van der Waals surface area contributed by atoms with Crippen molar-refractivity contribution in [2.45, 2.75) is 17.4 Å². The average molecular weight is 414 g/mol. The lowest BCUT2D eigenvalue weighted by Gasteiger charge is -2.17. The first-order valence-electron chi connectivity index (χ1n) is 7.28. The summed E-state index contributed by atoms with van der Waals surface area (Å²) in [5.74, 6) is 0.555. The van der Waals surface area contributed by atoms with Crippen LogP contribution in [0.25, 0.3) is 0 Å². The standard InChI is InChI=1S/C15H16BrN3O4S/c1-22-14-15(18-8-7-17-14)23-12-6-9-19(10-12)24(20,21)13-4-2-11(16)3-5-13/h2-5,7-8,12H,6,9-10H2,1H3. The molecule has 0 radical (unpaired) electrons. The minimum Gasteiger partial charge on any atom is -0.477 e. The SMILES string of the molecule is COc1nccnc1OC1CCN(S(=O)(=O)c2ccc(Br)cc2)C1. The number of rotatable bonds is 5. The number of ether oxygens (including phenoxy) is 2. The fraction of sp³-hybridized carbons (Fsp3) is 0.333. The molecule has 1 aromatic carbocycles. The van der Waals surface area contributed by atoms with Gasteiger partial charge in [0.25, 0.3) is 11.8 Å². The molecule has 0 aliphatic carbocycles. The molecule has 1 unspecified atom stereocenters. The Morgan fingerprint density at radius 1 is 1.17 bits per heavy atom. The van der Waals surface area contributed by atoms with Crippen molar-refractivity contribution >= 4 is 26.0 Å². The maximum Gasteiger partial charge on any atom is 0.278 e. The van der Waals surface area contributed by atoms with E-state index in [2.05, 4.69) is 25.9 Å². The van der Waals surface area contributed by atoms with Gasteiger partial charge in [0, 0.05) is 23.4 Å². The number of benzene rings is 1. The average Bonchev–Trinajstić information content (AvgIpc) is 3.05. The number of hydrogen-bond acceptors (Lipinski definition) is 6. The van der Waals surface area contributed by atoms with Gasteiger partial charge in [-0.15, -0.1) is 0 Å². The highest BCUT2D eigenvalue weighted by molar-refractivity contribution is 9.10. The number of nitrogens with zero attached hydrogens (tertiary/aromatic N) is 3. The van der Waals surface area contributed by atoms with E-state index in [9.17, 15) is 8.42 Å². The molecule has 0 N–H and O–H groups in total. The van der Waals surface area contributed by atoms with Gasteiger partial charge in [-0.05, 0) is 30.7 Å². The minimum absolute atomic E-state index is 0.262. The lowest BCUT2D eigenvalue weighted by atomic mass is 10.3. The number of methoxy groups -OCH3 is 1. The van der Waals surface area contributed by atoms with Gasteiger partial charge in [-0.25, -0.2) is 18.4 Å². The quantitative estimate of drug-likeness (QED) is 0.746. The van der Waals surface area contributed by atoms with Gasteiger partial charge >= 0.3 is 0 Å². The normalized spacial score (nSPS) is 18.5. The molecular weight excluding hydrogens is 398 g/mol. The van der Waals surface area contributed by atoms with Crippen LogP contribution in [0, 0.1) is 0 Å². The maximum atomic E-state index is 12.7. The fourth-order valence-electron chi connectivity index (χ4n) is 2.46. The van der Waals surface area contributed by atoms with Crippen LogP contribution >= 0.6 is 15.9 Å². The van der Waals surface area contributed by atoms with Gasteiger partial charge in [0.2, 0.25) is 10.0 Å². The second kappa shape index (κ2) is 7.04. The number of halogens is 1. The first kappa shape index (κ1) is 17.1. The smallest absolute Gasteiger partial charge is 0.278 e. The molecule has 1 aliphatic rings. The lowest BCUT2D eigenvalue weighted by Crippen LogP contribution is -2.31. The highest BCUT2D eigenvalue weighted by Gasteiger charge is 2.34. The molecule has 2 aromatic rings. The molecular formula is C15H16BrN3O4S. The molecule has 0 bridgehead atoms. The molecule has 2 heterocycles. The van der Waals surface area contributed by atoms with Crippen LogP contribution in [-0.4, -0.2) is 49.0 Å². The molecule has 1 aromatic heterocycles. The zero-order valence-electron chi connectivity index (χ0n) is 12.9. The Morgan fingerprint density at radius 3 is 2.50 bits per heavy atom. The summed E-state index contributed by atoms with van der Waals surface area (Å²) in [6.45, 7) is 0.657. The van der Waals surface area contributed by atoms with Crippen molar-refractivity contribution in [2.24, 2.45) is 0 Å². The Bertz CT molecular complexity index is 814. The Morgan fingerprint density at radius 2 is 1.83 bits per heavy atom. The van der Waals surface area contributed by atoms with Gasteiger partial charge in [0.05, 0.1) is 18.6 Å². The van der Waals surface area contributed by atoms with Crippen LogP contribution in [0.4, 0.5) is 0 Å².